The van der Waals surface area contributed by atoms with E-state index in [1.54, 1.807) is 0 Å². The van der Waals surface area contributed by atoms with Gasteiger partial charge in [0.2, 0.25) is 0 Å². The fraction of sp³-hybridized carbons (Fsp3) is 0.231. The molecule has 3 nitrogen and oxygen atoms in total. The van der Waals surface area contributed by atoms with Crippen LogP contribution in [0.1, 0.15) is 24.2 Å². The monoisotopic (exact) mass is 311 g/mol. The van der Waals surface area contributed by atoms with E-state index in [1.807, 2.05) is 19.9 Å². The van der Waals surface area contributed by atoms with Crippen molar-refractivity contribution in [2.24, 2.45) is 0 Å². The molecule has 1 aromatic rings. The fourth-order valence-electron chi connectivity index (χ4n) is 1.80. The van der Waals surface area contributed by atoms with E-state index in [0.717, 1.165) is 11.6 Å². The maximum atomic E-state index is 13.2. The Morgan fingerprint density at radius 1 is 1.39 bits per heavy atom. The molecule has 0 N–H and O–H groups in total. The largest absolute Gasteiger partial charge is 0.300 e. The van der Waals surface area contributed by atoms with Crippen molar-refractivity contribution in [2.45, 2.75) is 13.8 Å². The number of anilines is 1. The number of nitrogens with zero attached hydrogens (tertiary/aromatic N) is 1. The summed E-state index contributed by atoms with van der Waals surface area (Å²) in [6.07, 6.45) is 1.84. The summed E-state index contributed by atoms with van der Waals surface area (Å²) >= 11 is 3.19. The van der Waals surface area contributed by atoms with Gasteiger partial charge in [0, 0.05) is 11.0 Å². The number of hydrogen-bond donors (Lipinski definition) is 0. The second-order valence-electron chi connectivity index (χ2n) is 4.31. The quantitative estimate of drug-likeness (QED) is 0.622. The molecule has 0 atom stereocenters. The summed E-state index contributed by atoms with van der Waals surface area (Å²) in [6, 6.07) is 2.35. The molecule has 0 spiro atoms. The van der Waals surface area contributed by atoms with Crippen LogP contribution in [0, 0.1) is 5.82 Å². The van der Waals surface area contributed by atoms with Gasteiger partial charge in [-0.15, -0.1) is 0 Å². The lowest BCUT2D eigenvalue weighted by atomic mass is 10.1. The number of carbonyl (C=O) groups is 2. The minimum absolute atomic E-state index is 0.119. The number of benzene rings is 1. The van der Waals surface area contributed by atoms with Gasteiger partial charge in [0.25, 0.3) is 11.7 Å². The Balaban J connectivity index is 2.51. The first-order valence-corrected chi connectivity index (χ1v) is 6.19. The Morgan fingerprint density at radius 3 is 2.67 bits per heavy atom. The van der Waals surface area contributed by atoms with E-state index in [4.69, 9.17) is 0 Å². The second-order valence-corrected chi connectivity index (χ2v) is 5.16. The second kappa shape index (κ2) is 4.65. The first-order chi connectivity index (χ1) is 8.41. The number of carbonyl (C=O) groups excluding carboxylic acids is 2. The smallest absolute Gasteiger partial charge is 0.299 e. The summed E-state index contributed by atoms with van der Waals surface area (Å²) in [7, 11) is 0. The molecule has 94 valence electrons. The van der Waals surface area contributed by atoms with E-state index in [2.05, 4.69) is 15.9 Å². The molecule has 1 aliphatic heterocycles. The van der Waals surface area contributed by atoms with Crippen LogP contribution in [0.5, 0.6) is 0 Å². The number of halogens is 2. The molecule has 0 saturated heterocycles. The molecular formula is C13H11BrFNO2. The van der Waals surface area contributed by atoms with Crippen molar-refractivity contribution in [3.8, 4) is 0 Å². The summed E-state index contributed by atoms with van der Waals surface area (Å²) in [5.41, 5.74) is 1.61. The van der Waals surface area contributed by atoms with Crippen LogP contribution in [0.4, 0.5) is 10.1 Å². The van der Waals surface area contributed by atoms with Crippen LogP contribution < -0.4 is 4.90 Å². The van der Waals surface area contributed by atoms with E-state index in [-0.39, 0.29) is 5.56 Å². The summed E-state index contributed by atoms with van der Waals surface area (Å²) in [5, 5.41) is 0. The number of allylic oxidation sites excluding steroid dienone is 1. The molecule has 1 amide bonds. The minimum Gasteiger partial charge on any atom is -0.300 e. The van der Waals surface area contributed by atoms with Gasteiger partial charge in [-0.25, -0.2) is 4.39 Å². The van der Waals surface area contributed by atoms with Gasteiger partial charge in [0.05, 0.1) is 11.3 Å². The lowest BCUT2D eigenvalue weighted by Crippen LogP contribution is -2.30. The van der Waals surface area contributed by atoms with Gasteiger partial charge >= 0.3 is 0 Å². The van der Waals surface area contributed by atoms with Gasteiger partial charge in [-0.1, -0.05) is 11.6 Å². The van der Waals surface area contributed by atoms with Crippen LogP contribution in [0.25, 0.3) is 0 Å². The summed E-state index contributed by atoms with van der Waals surface area (Å²) in [6.45, 7) is 4.12. The molecule has 0 fully saturated rings. The van der Waals surface area contributed by atoms with Crippen molar-refractivity contribution >= 4 is 33.3 Å². The van der Waals surface area contributed by atoms with Crippen molar-refractivity contribution in [2.75, 3.05) is 11.4 Å². The lowest BCUT2D eigenvalue weighted by molar-refractivity contribution is -0.114. The van der Waals surface area contributed by atoms with E-state index in [1.165, 1.54) is 11.0 Å². The van der Waals surface area contributed by atoms with E-state index in [9.17, 15) is 14.0 Å². The lowest BCUT2D eigenvalue weighted by Gasteiger charge is -2.15. The molecule has 1 aromatic carbocycles. The Morgan fingerprint density at radius 2 is 2.06 bits per heavy atom. The van der Waals surface area contributed by atoms with Gasteiger partial charge in [0.15, 0.2) is 0 Å². The van der Waals surface area contributed by atoms with Crippen LogP contribution in [0.15, 0.2) is 28.3 Å². The average Bonchev–Trinajstić information content (AvgIpc) is 2.51. The van der Waals surface area contributed by atoms with Crippen molar-refractivity contribution < 1.29 is 14.0 Å². The van der Waals surface area contributed by atoms with Gasteiger partial charge in [-0.3, -0.25) is 14.5 Å². The van der Waals surface area contributed by atoms with Crippen LogP contribution in [-0.4, -0.2) is 18.2 Å². The maximum absolute atomic E-state index is 13.2. The highest BCUT2D eigenvalue weighted by molar-refractivity contribution is 9.10. The third-order valence-corrected chi connectivity index (χ3v) is 3.27. The first kappa shape index (κ1) is 13.0. The van der Waals surface area contributed by atoms with Crippen molar-refractivity contribution in [3.05, 3.63) is 39.6 Å². The molecule has 5 heteroatoms. The Hall–Kier alpha value is -1.49. The zero-order chi connectivity index (χ0) is 13.4. The highest BCUT2D eigenvalue weighted by Gasteiger charge is 2.37. The Labute approximate surface area is 112 Å². The molecule has 18 heavy (non-hydrogen) atoms. The Kier molecular flexibility index (Phi) is 3.34. The van der Waals surface area contributed by atoms with E-state index >= 15 is 0 Å². The molecule has 0 radical (unpaired) electrons. The van der Waals surface area contributed by atoms with Gasteiger partial charge in [-0.2, -0.15) is 0 Å². The van der Waals surface area contributed by atoms with Crippen LogP contribution in [0.3, 0.4) is 0 Å². The van der Waals surface area contributed by atoms with Gasteiger partial charge in [0.1, 0.15) is 5.82 Å². The summed E-state index contributed by atoms with van der Waals surface area (Å²) < 4.78 is 13.7. The number of ketones is 1. The molecule has 0 unspecified atom stereocenters. The summed E-state index contributed by atoms with van der Waals surface area (Å²) in [4.78, 5) is 25.0. The third-order valence-electron chi connectivity index (χ3n) is 2.66. The predicted molar refractivity (Wildman–Crippen MR) is 70.2 cm³/mol. The third kappa shape index (κ3) is 2.10. The van der Waals surface area contributed by atoms with Crippen molar-refractivity contribution in [1.29, 1.82) is 0 Å². The van der Waals surface area contributed by atoms with Gasteiger partial charge < -0.3 is 0 Å². The van der Waals surface area contributed by atoms with E-state index < -0.39 is 17.5 Å². The van der Waals surface area contributed by atoms with E-state index in [0.29, 0.717) is 16.7 Å². The molecule has 0 aliphatic carbocycles. The molecule has 1 aliphatic rings. The SMILES string of the molecule is CC(C)=CCN1C(=O)C(=O)c2cc(F)cc(Br)c21. The zero-order valence-corrected chi connectivity index (χ0v) is 11.5. The fourth-order valence-corrected chi connectivity index (χ4v) is 2.45. The highest BCUT2D eigenvalue weighted by Crippen LogP contribution is 2.36. The van der Waals surface area contributed by atoms with Gasteiger partial charge in [-0.05, 0) is 41.9 Å². The van der Waals surface area contributed by atoms with Crippen LogP contribution >= 0.6 is 15.9 Å². The molecule has 0 aromatic heterocycles. The predicted octanol–water partition coefficient (Wildman–Crippen LogP) is 3.08. The zero-order valence-electron chi connectivity index (χ0n) is 9.96. The molecule has 0 saturated carbocycles. The molecule has 0 bridgehead atoms. The number of Topliss-reactive ketones (excluding diaryl/α,β-unsaturated/α-hetero) is 1. The topological polar surface area (TPSA) is 37.4 Å². The maximum Gasteiger partial charge on any atom is 0.299 e. The standard InChI is InChI=1S/C13H11BrFNO2/c1-7(2)3-4-16-11-9(12(17)13(16)18)5-8(15)6-10(11)14/h3,5-6H,4H2,1-2H3. The van der Waals surface area contributed by atoms with Crippen molar-refractivity contribution in [1.82, 2.24) is 0 Å². The molecule has 2 rings (SSSR count). The number of fused-ring (bicyclic) bond motifs is 1. The normalized spacial score (nSPS) is 13.9. The first-order valence-electron chi connectivity index (χ1n) is 5.40. The molecule has 1 heterocycles. The number of hydrogen-bond acceptors (Lipinski definition) is 2. The number of amides is 1. The summed E-state index contributed by atoms with van der Waals surface area (Å²) in [5.74, 6) is -1.81. The Bertz CT molecular complexity index is 577. The highest BCUT2D eigenvalue weighted by atomic mass is 79.9. The van der Waals surface area contributed by atoms with Crippen molar-refractivity contribution in [3.63, 3.8) is 0 Å². The number of rotatable bonds is 2. The molecular weight excluding hydrogens is 301 g/mol. The average molecular weight is 312 g/mol. The minimum atomic E-state index is -0.660. The van der Waals surface area contributed by atoms with Crippen LogP contribution in [-0.2, 0) is 4.79 Å². The van der Waals surface area contributed by atoms with Crippen LogP contribution in [0.2, 0.25) is 0 Å².